The van der Waals surface area contributed by atoms with Crippen LogP contribution in [0.1, 0.15) is 48.3 Å². The molecule has 2 aliphatic rings. The molecule has 0 unspecified atom stereocenters. The molecule has 0 bridgehead atoms. The number of dihydropyridines is 1. The molecule has 8 heteroatoms. The second-order valence-corrected chi connectivity index (χ2v) is 10.4. The first-order chi connectivity index (χ1) is 19.0. The fourth-order valence-electron chi connectivity index (χ4n) is 5.63. The van der Waals surface area contributed by atoms with Gasteiger partial charge in [0.1, 0.15) is 0 Å². The normalized spacial score (nSPS) is 19.2. The van der Waals surface area contributed by atoms with Crippen molar-refractivity contribution in [3.63, 3.8) is 0 Å². The lowest BCUT2D eigenvalue weighted by Crippen LogP contribution is -2.37. The maximum Gasteiger partial charge on any atom is 0.418 e. The summed E-state index contributed by atoms with van der Waals surface area (Å²) in [6, 6.07) is 22.3. The Labute approximate surface area is 231 Å². The number of carbonyl (C=O) groups excluding carboxylic acids is 2. The van der Waals surface area contributed by atoms with Gasteiger partial charge in [-0.05, 0) is 54.7 Å². The SMILES string of the molecule is CC1=C(C(=O)Nc2ccccc2C(F)(F)F)[C@@H](c2ccc(N(C)C)cc2)C2=C(C[C@@H](c3ccccc3)CC2=O)N1. The summed E-state index contributed by atoms with van der Waals surface area (Å²) in [4.78, 5) is 29.5. The molecule has 0 saturated heterocycles. The van der Waals surface area contributed by atoms with Gasteiger partial charge in [0, 0.05) is 54.7 Å². The van der Waals surface area contributed by atoms with Crippen molar-refractivity contribution in [2.24, 2.45) is 0 Å². The van der Waals surface area contributed by atoms with Crippen molar-refractivity contribution >= 4 is 23.1 Å². The van der Waals surface area contributed by atoms with E-state index in [4.69, 9.17) is 0 Å². The third-order valence-corrected chi connectivity index (χ3v) is 7.57. The average Bonchev–Trinajstić information content (AvgIpc) is 2.92. The summed E-state index contributed by atoms with van der Waals surface area (Å²) in [5, 5.41) is 5.78. The van der Waals surface area contributed by atoms with Crippen LogP contribution in [-0.2, 0) is 15.8 Å². The van der Waals surface area contributed by atoms with Crippen molar-refractivity contribution in [3.05, 3.63) is 118 Å². The lowest BCUT2D eigenvalue weighted by molar-refractivity contribution is -0.137. The number of ketones is 1. The number of allylic oxidation sites excluding steroid dienone is 3. The van der Waals surface area contributed by atoms with Gasteiger partial charge >= 0.3 is 6.18 Å². The van der Waals surface area contributed by atoms with Gasteiger partial charge in [0.05, 0.1) is 11.3 Å². The summed E-state index contributed by atoms with van der Waals surface area (Å²) in [6.45, 7) is 1.73. The first kappa shape index (κ1) is 27.2. The summed E-state index contributed by atoms with van der Waals surface area (Å²) in [5.74, 6) is -1.51. The highest BCUT2D eigenvalue weighted by molar-refractivity contribution is 6.10. The van der Waals surface area contributed by atoms with Gasteiger partial charge in [0.15, 0.2) is 5.78 Å². The summed E-state index contributed by atoms with van der Waals surface area (Å²) < 4.78 is 41.0. The average molecular weight is 546 g/mol. The highest BCUT2D eigenvalue weighted by Crippen LogP contribution is 2.46. The molecule has 0 spiro atoms. The van der Waals surface area contributed by atoms with Gasteiger partial charge in [-0.15, -0.1) is 0 Å². The molecule has 0 aromatic heterocycles. The van der Waals surface area contributed by atoms with Gasteiger partial charge in [-0.2, -0.15) is 13.2 Å². The van der Waals surface area contributed by atoms with E-state index in [9.17, 15) is 22.8 Å². The monoisotopic (exact) mass is 545 g/mol. The number of benzene rings is 3. The maximum absolute atomic E-state index is 13.8. The first-order valence-corrected chi connectivity index (χ1v) is 13.1. The number of rotatable bonds is 5. The minimum Gasteiger partial charge on any atom is -0.378 e. The molecule has 1 aliphatic carbocycles. The second kappa shape index (κ2) is 10.7. The number of halogens is 3. The van der Waals surface area contributed by atoms with Crippen molar-refractivity contribution in [1.82, 2.24) is 5.32 Å². The Morgan fingerprint density at radius 3 is 2.20 bits per heavy atom. The Balaban J connectivity index is 1.58. The maximum atomic E-state index is 13.8. The van der Waals surface area contributed by atoms with Crippen LogP contribution in [0.15, 0.2) is 101 Å². The number of hydrogen-bond acceptors (Lipinski definition) is 4. The number of Topliss-reactive ketones (excluding diaryl/α,β-unsaturated/α-hetero) is 1. The Hall–Kier alpha value is -4.33. The zero-order valence-electron chi connectivity index (χ0n) is 22.5. The molecular formula is C32H30F3N3O2. The summed E-state index contributed by atoms with van der Waals surface area (Å²) in [6.07, 6.45) is -3.77. The zero-order chi connectivity index (χ0) is 28.6. The fraction of sp³-hybridized carbons (Fsp3) is 0.250. The molecule has 5 nitrogen and oxygen atoms in total. The third kappa shape index (κ3) is 5.26. The predicted octanol–water partition coefficient (Wildman–Crippen LogP) is 6.77. The van der Waals surface area contributed by atoms with E-state index < -0.39 is 23.6 Å². The number of amides is 1. The van der Waals surface area contributed by atoms with E-state index in [0.29, 0.717) is 17.7 Å². The zero-order valence-corrected chi connectivity index (χ0v) is 22.5. The van der Waals surface area contributed by atoms with Crippen molar-refractivity contribution in [2.45, 2.75) is 37.8 Å². The van der Waals surface area contributed by atoms with Crippen molar-refractivity contribution < 1.29 is 22.8 Å². The molecule has 1 aliphatic heterocycles. The topological polar surface area (TPSA) is 61.4 Å². The Morgan fingerprint density at radius 1 is 0.900 bits per heavy atom. The van der Waals surface area contributed by atoms with E-state index in [1.54, 1.807) is 6.92 Å². The minimum absolute atomic E-state index is 0.0152. The third-order valence-electron chi connectivity index (χ3n) is 7.57. The lowest BCUT2D eigenvalue weighted by atomic mass is 9.71. The van der Waals surface area contributed by atoms with Gasteiger partial charge in [0.25, 0.3) is 5.91 Å². The van der Waals surface area contributed by atoms with E-state index in [-0.39, 0.29) is 29.4 Å². The minimum atomic E-state index is -4.64. The van der Waals surface area contributed by atoms with Crippen molar-refractivity contribution in [1.29, 1.82) is 0 Å². The van der Waals surface area contributed by atoms with Crippen LogP contribution in [0.25, 0.3) is 0 Å². The molecule has 0 saturated carbocycles. The van der Waals surface area contributed by atoms with E-state index >= 15 is 0 Å². The molecular weight excluding hydrogens is 515 g/mol. The van der Waals surface area contributed by atoms with Gasteiger partial charge in [-0.1, -0.05) is 54.6 Å². The van der Waals surface area contributed by atoms with E-state index in [2.05, 4.69) is 10.6 Å². The highest BCUT2D eigenvalue weighted by Gasteiger charge is 2.41. The van der Waals surface area contributed by atoms with Gasteiger partial charge in [-0.25, -0.2) is 0 Å². The Bertz CT molecular complexity index is 1510. The number of nitrogens with zero attached hydrogens (tertiary/aromatic N) is 1. The quantitative estimate of drug-likeness (QED) is 0.372. The van der Waals surface area contributed by atoms with Crippen LogP contribution >= 0.6 is 0 Å². The van der Waals surface area contributed by atoms with Crippen molar-refractivity contribution in [2.75, 3.05) is 24.3 Å². The van der Waals surface area contributed by atoms with Crippen LogP contribution in [0.2, 0.25) is 0 Å². The summed E-state index contributed by atoms with van der Waals surface area (Å²) in [7, 11) is 3.82. The van der Waals surface area contributed by atoms with Crippen LogP contribution in [0.3, 0.4) is 0 Å². The van der Waals surface area contributed by atoms with E-state index in [0.717, 1.165) is 28.6 Å². The number of para-hydroxylation sites is 1. The number of nitrogens with one attached hydrogen (secondary N) is 2. The number of alkyl halides is 3. The molecule has 0 radical (unpaired) electrons. The van der Waals surface area contributed by atoms with E-state index in [1.807, 2.05) is 73.6 Å². The molecule has 206 valence electrons. The standard InChI is InChI=1S/C32H30F3N3O2/c1-19-28(31(40)37-25-12-8-7-11-24(25)32(33,34)35)29(21-13-15-23(16-14-21)38(2)3)30-26(36-19)17-22(18-27(30)39)20-9-5-4-6-10-20/h4-16,22,29,36H,17-18H2,1-3H3,(H,37,40)/t22-,29-/m1/s1. The fourth-order valence-corrected chi connectivity index (χ4v) is 5.63. The largest absolute Gasteiger partial charge is 0.418 e. The molecule has 0 fully saturated rings. The first-order valence-electron chi connectivity index (χ1n) is 13.1. The molecule has 1 heterocycles. The smallest absolute Gasteiger partial charge is 0.378 e. The predicted molar refractivity (Wildman–Crippen MR) is 150 cm³/mol. The molecule has 5 rings (SSSR count). The van der Waals surface area contributed by atoms with Crippen LogP contribution in [0.4, 0.5) is 24.5 Å². The van der Waals surface area contributed by atoms with Crippen LogP contribution in [0, 0.1) is 0 Å². The molecule has 1 amide bonds. The number of hydrogen-bond donors (Lipinski definition) is 2. The molecule has 3 aromatic carbocycles. The molecule has 2 N–H and O–H groups in total. The van der Waals surface area contributed by atoms with Crippen LogP contribution in [0.5, 0.6) is 0 Å². The van der Waals surface area contributed by atoms with Gasteiger partial charge in [0.2, 0.25) is 0 Å². The highest BCUT2D eigenvalue weighted by atomic mass is 19.4. The van der Waals surface area contributed by atoms with Gasteiger partial charge < -0.3 is 15.5 Å². The Kier molecular flexibility index (Phi) is 7.27. The molecule has 3 aromatic rings. The van der Waals surface area contributed by atoms with Gasteiger partial charge in [-0.3, -0.25) is 9.59 Å². The van der Waals surface area contributed by atoms with E-state index in [1.165, 1.54) is 18.2 Å². The lowest BCUT2D eigenvalue weighted by Gasteiger charge is -2.37. The van der Waals surface area contributed by atoms with Crippen LogP contribution < -0.4 is 15.5 Å². The summed E-state index contributed by atoms with van der Waals surface area (Å²) in [5.41, 5.74) is 3.42. The second-order valence-electron chi connectivity index (χ2n) is 10.4. The Morgan fingerprint density at radius 2 is 1.55 bits per heavy atom. The number of anilines is 2. The number of carbonyl (C=O) groups is 2. The summed E-state index contributed by atoms with van der Waals surface area (Å²) >= 11 is 0. The van der Waals surface area contributed by atoms with Crippen molar-refractivity contribution in [3.8, 4) is 0 Å². The van der Waals surface area contributed by atoms with Crippen LogP contribution in [-0.4, -0.2) is 25.8 Å². The molecule has 40 heavy (non-hydrogen) atoms. The molecule has 2 atom stereocenters.